The second kappa shape index (κ2) is 6.78. The number of fused-ring (bicyclic) bond motifs is 1. The number of H-pyrrole nitrogens is 1. The molecule has 3 rings (SSSR count). The summed E-state index contributed by atoms with van der Waals surface area (Å²) in [5.74, 6) is 0.138. The normalized spacial score (nSPS) is 23.0. The van der Waals surface area contributed by atoms with Crippen LogP contribution in [0.3, 0.4) is 0 Å². The van der Waals surface area contributed by atoms with Crippen LogP contribution in [0, 0.1) is 25.2 Å². The highest BCUT2D eigenvalue weighted by molar-refractivity contribution is 5.77. The summed E-state index contributed by atoms with van der Waals surface area (Å²) in [5.41, 5.74) is 2.11. The standard InChI is InChI=1S/C18H23N3O3/c1-11-13(12(2)20-18(23)14(11)10-19)6-7-17(22)21-8-9-24-16-5-3-4-15(16)21/h15-16H,3-9H2,1-2H3,(H,20,23). The van der Waals surface area contributed by atoms with Crippen molar-refractivity contribution < 1.29 is 9.53 Å². The number of aryl methyl sites for hydroxylation is 1. The Bertz CT molecular complexity index is 747. The van der Waals surface area contributed by atoms with Crippen LogP contribution in [0.4, 0.5) is 0 Å². The fourth-order valence-corrected chi connectivity index (χ4v) is 4.03. The third-order valence-corrected chi connectivity index (χ3v) is 5.31. The average Bonchev–Trinajstić information content (AvgIpc) is 3.03. The maximum absolute atomic E-state index is 12.7. The van der Waals surface area contributed by atoms with Crippen LogP contribution in [-0.4, -0.2) is 41.1 Å². The first-order chi connectivity index (χ1) is 11.5. The second-order valence-corrected chi connectivity index (χ2v) is 6.66. The number of aromatic nitrogens is 1. The summed E-state index contributed by atoms with van der Waals surface area (Å²) in [7, 11) is 0. The number of nitrogens with zero attached hydrogens (tertiary/aromatic N) is 2. The Morgan fingerprint density at radius 3 is 2.96 bits per heavy atom. The Kier molecular flexibility index (Phi) is 4.72. The average molecular weight is 329 g/mol. The van der Waals surface area contributed by atoms with Crippen molar-refractivity contribution in [3.8, 4) is 6.07 Å². The molecule has 128 valence electrons. The van der Waals surface area contributed by atoms with Crippen LogP contribution in [0.15, 0.2) is 4.79 Å². The van der Waals surface area contributed by atoms with Gasteiger partial charge in [-0.15, -0.1) is 0 Å². The molecule has 24 heavy (non-hydrogen) atoms. The van der Waals surface area contributed by atoms with Crippen LogP contribution < -0.4 is 5.56 Å². The van der Waals surface area contributed by atoms with Crippen LogP contribution in [0.2, 0.25) is 0 Å². The highest BCUT2D eigenvalue weighted by Gasteiger charge is 2.38. The first-order valence-electron chi connectivity index (χ1n) is 8.56. The summed E-state index contributed by atoms with van der Waals surface area (Å²) in [6, 6.07) is 2.18. The first kappa shape index (κ1) is 16.7. The summed E-state index contributed by atoms with van der Waals surface area (Å²) < 4.78 is 5.76. The van der Waals surface area contributed by atoms with Crippen molar-refractivity contribution in [2.45, 2.75) is 58.1 Å². The van der Waals surface area contributed by atoms with E-state index >= 15 is 0 Å². The number of morpholine rings is 1. The molecule has 1 N–H and O–H groups in total. The summed E-state index contributed by atoms with van der Waals surface area (Å²) in [5, 5.41) is 9.14. The number of ether oxygens (including phenoxy) is 1. The number of rotatable bonds is 3. The minimum absolute atomic E-state index is 0.138. The predicted octanol–water partition coefficient (Wildman–Crippen LogP) is 1.58. The Labute approximate surface area is 141 Å². The monoisotopic (exact) mass is 329 g/mol. The Balaban J connectivity index is 1.73. The number of amides is 1. The van der Waals surface area contributed by atoms with Crippen molar-refractivity contribution in [2.75, 3.05) is 13.2 Å². The van der Waals surface area contributed by atoms with E-state index in [1.807, 2.05) is 17.9 Å². The van der Waals surface area contributed by atoms with E-state index in [2.05, 4.69) is 4.98 Å². The molecule has 2 heterocycles. The van der Waals surface area contributed by atoms with E-state index < -0.39 is 0 Å². The minimum Gasteiger partial charge on any atom is -0.374 e. The predicted molar refractivity (Wildman–Crippen MR) is 88.7 cm³/mol. The zero-order valence-electron chi connectivity index (χ0n) is 14.2. The van der Waals surface area contributed by atoms with Crippen LogP contribution in [0.5, 0.6) is 0 Å². The van der Waals surface area contributed by atoms with Crippen molar-refractivity contribution in [2.24, 2.45) is 0 Å². The van der Waals surface area contributed by atoms with Gasteiger partial charge in [-0.05, 0) is 50.7 Å². The van der Waals surface area contributed by atoms with Gasteiger partial charge >= 0.3 is 0 Å². The third kappa shape index (κ3) is 2.96. The van der Waals surface area contributed by atoms with Gasteiger partial charge in [-0.1, -0.05) is 0 Å². The van der Waals surface area contributed by atoms with Gasteiger partial charge in [0.2, 0.25) is 5.91 Å². The Morgan fingerprint density at radius 1 is 1.42 bits per heavy atom. The zero-order valence-corrected chi connectivity index (χ0v) is 14.2. The van der Waals surface area contributed by atoms with E-state index in [-0.39, 0.29) is 29.2 Å². The molecule has 6 nitrogen and oxygen atoms in total. The number of carbonyl (C=O) groups is 1. The molecule has 2 atom stereocenters. The fraction of sp³-hybridized carbons (Fsp3) is 0.611. The molecule has 1 aliphatic carbocycles. The van der Waals surface area contributed by atoms with Gasteiger partial charge in [0.1, 0.15) is 11.6 Å². The molecule has 1 saturated heterocycles. The molecule has 0 aromatic carbocycles. The molecule has 1 aromatic heterocycles. The van der Waals surface area contributed by atoms with Crippen molar-refractivity contribution in [3.63, 3.8) is 0 Å². The smallest absolute Gasteiger partial charge is 0.266 e. The van der Waals surface area contributed by atoms with E-state index in [0.29, 0.717) is 31.6 Å². The summed E-state index contributed by atoms with van der Waals surface area (Å²) >= 11 is 0. The summed E-state index contributed by atoms with van der Waals surface area (Å²) in [4.78, 5) is 29.2. The second-order valence-electron chi connectivity index (χ2n) is 6.66. The van der Waals surface area contributed by atoms with E-state index in [4.69, 9.17) is 10.00 Å². The van der Waals surface area contributed by atoms with Gasteiger partial charge in [-0.3, -0.25) is 9.59 Å². The maximum Gasteiger partial charge on any atom is 0.266 e. The molecule has 6 heteroatoms. The minimum atomic E-state index is -0.357. The molecule has 2 unspecified atom stereocenters. The quantitative estimate of drug-likeness (QED) is 0.912. The summed E-state index contributed by atoms with van der Waals surface area (Å²) in [6.45, 7) is 4.87. The van der Waals surface area contributed by atoms with Crippen molar-refractivity contribution in [1.29, 1.82) is 5.26 Å². The largest absolute Gasteiger partial charge is 0.374 e. The van der Waals surface area contributed by atoms with Crippen LogP contribution in [-0.2, 0) is 16.0 Å². The molecule has 2 fully saturated rings. The molecule has 2 aliphatic rings. The van der Waals surface area contributed by atoms with Crippen LogP contribution >= 0.6 is 0 Å². The molecule has 1 saturated carbocycles. The van der Waals surface area contributed by atoms with Gasteiger partial charge < -0.3 is 14.6 Å². The SMILES string of the molecule is Cc1[nH]c(=O)c(C#N)c(C)c1CCC(=O)N1CCOC2CCCC21. The van der Waals surface area contributed by atoms with Gasteiger partial charge in [0.15, 0.2) is 0 Å². The van der Waals surface area contributed by atoms with E-state index in [1.54, 1.807) is 6.92 Å². The topological polar surface area (TPSA) is 86.2 Å². The van der Waals surface area contributed by atoms with E-state index in [0.717, 1.165) is 30.5 Å². The van der Waals surface area contributed by atoms with Gasteiger partial charge in [-0.2, -0.15) is 5.26 Å². The maximum atomic E-state index is 12.7. The zero-order chi connectivity index (χ0) is 17.3. The van der Waals surface area contributed by atoms with Crippen LogP contribution in [0.1, 0.15) is 48.1 Å². The first-order valence-corrected chi connectivity index (χ1v) is 8.56. The molecule has 0 bridgehead atoms. The number of nitriles is 1. The molecule has 1 aromatic rings. The molecule has 1 aliphatic heterocycles. The van der Waals surface area contributed by atoms with Gasteiger partial charge in [0.05, 0.1) is 18.8 Å². The molecular weight excluding hydrogens is 306 g/mol. The third-order valence-electron chi connectivity index (χ3n) is 5.31. The lowest BCUT2D eigenvalue weighted by atomic mass is 9.98. The number of hydrogen-bond acceptors (Lipinski definition) is 4. The highest BCUT2D eigenvalue weighted by atomic mass is 16.5. The Morgan fingerprint density at radius 2 is 2.21 bits per heavy atom. The lowest BCUT2D eigenvalue weighted by Gasteiger charge is -2.37. The van der Waals surface area contributed by atoms with Gasteiger partial charge in [0.25, 0.3) is 5.56 Å². The van der Waals surface area contributed by atoms with E-state index in [1.165, 1.54) is 0 Å². The fourth-order valence-electron chi connectivity index (χ4n) is 4.03. The van der Waals surface area contributed by atoms with Crippen molar-refractivity contribution >= 4 is 5.91 Å². The van der Waals surface area contributed by atoms with Gasteiger partial charge in [0, 0.05) is 18.7 Å². The number of hydrogen-bond donors (Lipinski definition) is 1. The summed E-state index contributed by atoms with van der Waals surface area (Å²) in [6.07, 6.45) is 4.30. The number of aromatic amines is 1. The Hall–Kier alpha value is -2.13. The number of nitrogens with one attached hydrogen (secondary N) is 1. The lowest BCUT2D eigenvalue weighted by molar-refractivity contribution is -0.143. The molecule has 0 spiro atoms. The van der Waals surface area contributed by atoms with Crippen molar-refractivity contribution in [3.05, 3.63) is 32.7 Å². The van der Waals surface area contributed by atoms with Gasteiger partial charge in [-0.25, -0.2) is 0 Å². The van der Waals surface area contributed by atoms with Crippen LogP contribution in [0.25, 0.3) is 0 Å². The number of carbonyl (C=O) groups excluding carboxylic acids is 1. The van der Waals surface area contributed by atoms with Crippen molar-refractivity contribution in [1.82, 2.24) is 9.88 Å². The molecular formula is C18H23N3O3. The number of pyridine rings is 1. The highest BCUT2D eigenvalue weighted by Crippen LogP contribution is 2.30. The van der Waals surface area contributed by atoms with E-state index in [9.17, 15) is 9.59 Å². The molecule has 0 radical (unpaired) electrons. The lowest BCUT2D eigenvalue weighted by Crippen LogP contribution is -2.51. The molecule has 1 amide bonds.